The van der Waals surface area contributed by atoms with Crippen LogP contribution in [0.25, 0.3) is 0 Å². The monoisotopic (exact) mass is 380 g/mol. The second-order valence-corrected chi connectivity index (χ2v) is 6.90. The van der Waals surface area contributed by atoms with Crippen LogP contribution in [0, 0.1) is 0 Å². The van der Waals surface area contributed by atoms with E-state index in [9.17, 15) is 14.4 Å². The van der Waals surface area contributed by atoms with Crippen molar-refractivity contribution in [2.45, 2.75) is 45.8 Å². The molecule has 1 aromatic carbocycles. The van der Waals surface area contributed by atoms with Gasteiger partial charge in [-0.2, -0.15) is 0 Å². The number of amides is 2. The van der Waals surface area contributed by atoms with Crippen molar-refractivity contribution in [1.29, 1.82) is 0 Å². The lowest BCUT2D eigenvalue weighted by Crippen LogP contribution is -2.45. The summed E-state index contributed by atoms with van der Waals surface area (Å²) in [5.41, 5.74) is 0.150. The number of hydrogen-bond acceptors (Lipinski definition) is 6. The van der Waals surface area contributed by atoms with Crippen molar-refractivity contribution in [1.82, 2.24) is 10.6 Å². The van der Waals surface area contributed by atoms with E-state index < -0.39 is 23.7 Å². The van der Waals surface area contributed by atoms with Crippen molar-refractivity contribution in [3.63, 3.8) is 0 Å². The Labute approximate surface area is 159 Å². The van der Waals surface area contributed by atoms with E-state index in [2.05, 4.69) is 10.6 Å². The molecule has 0 saturated heterocycles. The van der Waals surface area contributed by atoms with Crippen LogP contribution in [0.5, 0.6) is 5.75 Å². The highest BCUT2D eigenvalue weighted by Gasteiger charge is 2.25. The van der Waals surface area contributed by atoms with Crippen LogP contribution in [0.3, 0.4) is 0 Å². The molecule has 1 aromatic rings. The maximum absolute atomic E-state index is 12.0. The van der Waals surface area contributed by atoms with Crippen molar-refractivity contribution in [3.05, 3.63) is 29.8 Å². The highest BCUT2D eigenvalue weighted by Crippen LogP contribution is 2.14. The summed E-state index contributed by atoms with van der Waals surface area (Å²) in [4.78, 5) is 34.7. The summed E-state index contributed by atoms with van der Waals surface area (Å²) in [6.07, 6.45) is -0.436. The third-order valence-corrected chi connectivity index (χ3v) is 3.28. The summed E-state index contributed by atoms with van der Waals surface area (Å²) in [5, 5.41) is 5.17. The summed E-state index contributed by atoms with van der Waals surface area (Å²) < 4.78 is 15.4. The van der Waals surface area contributed by atoms with Gasteiger partial charge in [0.25, 0.3) is 0 Å². The molecule has 150 valence electrons. The fraction of sp³-hybridized carbons (Fsp3) is 0.526. The van der Waals surface area contributed by atoms with Crippen molar-refractivity contribution >= 4 is 18.0 Å². The minimum Gasteiger partial charge on any atom is -0.492 e. The van der Waals surface area contributed by atoms with Crippen LogP contribution in [0.1, 0.15) is 33.3 Å². The van der Waals surface area contributed by atoms with E-state index in [0.29, 0.717) is 18.9 Å². The fourth-order valence-electron chi connectivity index (χ4n) is 2.14. The van der Waals surface area contributed by atoms with Gasteiger partial charge in [0.2, 0.25) is 5.91 Å². The number of ether oxygens (including phenoxy) is 3. The van der Waals surface area contributed by atoms with Gasteiger partial charge in [-0.15, -0.1) is 0 Å². The minimum absolute atomic E-state index is 0.111. The third-order valence-electron chi connectivity index (χ3n) is 3.28. The first-order valence-electron chi connectivity index (χ1n) is 8.64. The Hall–Kier alpha value is -2.77. The normalized spacial score (nSPS) is 11.9. The molecule has 0 aliphatic rings. The smallest absolute Gasteiger partial charge is 0.408 e. The van der Waals surface area contributed by atoms with E-state index in [1.54, 1.807) is 45.0 Å². The average molecular weight is 380 g/mol. The van der Waals surface area contributed by atoms with E-state index in [1.165, 1.54) is 14.0 Å². The van der Waals surface area contributed by atoms with Crippen LogP contribution in [-0.2, 0) is 25.5 Å². The number of methoxy groups -OCH3 is 1. The van der Waals surface area contributed by atoms with Gasteiger partial charge >= 0.3 is 12.1 Å². The molecule has 8 nitrogen and oxygen atoms in total. The summed E-state index contributed by atoms with van der Waals surface area (Å²) >= 11 is 0. The Morgan fingerprint density at radius 3 is 2.26 bits per heavy atom. The number of alkyl carbamates (subject to hydrolysis) is 1. The van der Waals surface area contributed by atoms with E-state index in [1.807, 2.05) is 0 Å². The van der Waals surface area contributed by atoms with Gasteiger partial charge in [-0.25, -0.2) is 9.59 Å². The van der Waals surface area contributed by atoms with Crippen molar-refractivity contribution < 1.29 is 28.6 Å². The Bertz CT molecular complexity index is 637. The predicted octanol–water partition coefficient (Wildman–Crippen LogP) is 1.81. The van der Waals surface area contributed by atoms with E-state index in [4.69, 9.17) is 14.2 Å². The largest absolute Gasteiger partial charge is 0.492 e. The summed E-state index contributed by atoms with van der Waals surface area (Å²) in [5.74, 6) is -0.0319. The highest BCUT2D eigenvalue weighted by molar-refractivity contribution is 5.81. The van der Waals surface area contributed by atoms with Crippen LogP contribution in [0.4, 0.5) is 4.79 Å². The second kappa shape index (κ2) is 10.4. The lowest BCUT2D eigenvalue weighted by atomic mass is 10.1. The predicted molar refractivity (Wildman–Crippen MR) is 99.5 cm³/mol. The Balaban J connectivity index is 2.63. The quantitative estimate of drug-likeness (QED) is 0.527. The lowest BCUT2D eigenvalue weighted by Gasteiger charge is -2.22. The molecule has 0 heterocycles. The number of carbonyl (C=O) groups is 3. The van der Waals surface area contributed by atoms with E-state index in [-0.39, 0.29) is 12.3 Å². The number of hydrogen-bond donors (Lipinski definition) is 2. The van der Waals surface area contributed by atoms with Gasteiger partial charge in [0.15, 0.2) is 0 Å². The zero-order chi connectivity index (χ0) is 20.4. The fourth-order valence-corrected chi connectivity index (χ4v) is 2.14. The zero-order valence-corrected chi connectivity index (χ0v) is 16.5. The SMILES string of the molecule is COC(=O)[C@H](Cc1ccc(OCCNC(C)=O)cc1)NC(=O)OC(C)(C)C. The molecule has 2 amide bonds. The standard InChI is InChI=1S/C19H28N2O6/c1-13(22)20-10-11-26-15-8-6-14(7-9-15)12-16(17(23)25-5)21-18(24)27-19(2,3)4/h6-9,16H,10-12H2,1-5H3,(H,20,22)(H,21,24)/t16-/m0/s1. The minimum atomic E-state index is -0.864. The van der Waals surface area contributed by atoms with Crippen LogP contribution in [0.2, 0.25) is 0 Å². The topological polar surface area (TPSA) is 103 Å². The zero-order valence-electron chi connectivity index (χ0n) is 16.5. The van der Waals surface area contributed by atoms with Crippen LogP contribution < -0.4 is 15.4 Å². The molecule has 0 saturated carbocycles. The molecule has 0 unspecified atom stereocenters. The summed E-state index contributed by atoms with van der Waals surface area (Å²) in [6, 6.07) is 6.23. The molecule has 2 N–H and O–H groups in total. The van der Waals surface area contributed by atoms with Gasteiger partial charge in [0.05, 0.1) is 13.7 Å². The maximum Gasteiger partial charge on any atom is 0.408 e. The number of nitrogens with one attached hydrogen (secondary N) is 2. The molecule has 27 heavy (non-hydrogen) atoms. The average Bonchev–Trinajstić information content (AvgIpc) is 2.57. The number of rotatable bonds is 8. The van der Waals surface area contributed by atoms with E-state index in [0.717, 1.165) is 5.56 Å². The Morgan fingerprint density at radius 1 is 1.11 bits per heavy atom. The van der Waals surface area contributed by atoms with Gasteiger partial charge in [0.1, 0.15) is 24.0 Å². The number of benzene rings is 1. The Morgan fingerprint density at radius 2 is 1.74 bits per heavy atom. The van der Waals surface area contributed by atoms with Gasteiger partial charge in [-0.05, 0) is 38.5 Å². The lowest BCUT2D eigenvalue weighted by molar-refractivity contribution is -0.143. The number of carbonyl (C=O) groups excluding carboxylic acids is 3. The van der Waals surface area contributed by atoms with Crippen molar-refractivity contribution in [2.24, 2.45) is 0 Å². The Kier molecular flexibility index (Phi) is 8.58. The third kappa shape index (κ3) is 9.48. The molecule has 0 radical (unpaired) electrons. The molecule has 1 rings (SSSR count). The maximum atomic E-state index is 12.0. The second-order valence-electron chi connectivity index (χ2n) is 6.90. The molecule has 0 aliphatic carbocycles. The van der Waals surface area contributed by atoms with Crippen molar-refractivity contribution in [3.8, 4) is 5.75 Å². The van der Waals surface area contributed by atoms with Crippen LogP contribution in [-0.4, -0.2) is 49.9 Å². The summed E-state index contributed by atoms with van der Waals surface area (Å²) in [7, 11) is 1.26. The molecular formula is C19H28N2O6. The van der Waals surface area contributed by atoms with Gasteiger partial charge in [0, 0.05) is 13.3 Å². The molecule has 8 heteroatoms. The first-order chi connectivity index (χ1) is 12.6. The van der Waals surface area contributed by atoms with Crippen LogP contribution >= 0.6 is 0 Å². The molecule has 1 atom stereocenters. The first-order valence-corrected chi connectivity index (χ1v) is 8.64. The summed E-state index contributed by atoms with van der Waals surface area (Å²) in [6.45, 7) is 7.43. The molecular weight excluding hydrogens is 352 g/mol. The number of esters is 1. The van der Waals surface area contributed by atoms with Gasteiger partial charge < -0.3 is 24.8 Å². The van der Waals surface area contributed by atoms with Gasteiger partial charge in [-0.3, -0.25) is 4.79 Å². The molecule has 0 bridgehead atoms. The first kappa shape index (κ1) is 22.3. The molecule has 0 spiro atoms. The van der Waals surface area contributed by atoms with Crippen LogP contribution in [0.15, 0.2) is 24.3 Å². The molecule has 0 fully saturated rings. The molecule has 0 aromatic heterocycles. The van der Waals surface area contributed by atoms with Crippen molar-refractivity contribution in [2.75, 3.05) is 20.3 Å². The highest BCUT2D eigenvalue weighted by atomic mass is 16.6. The molecule has 0 aliphatic heterocycles. The van der Waals surface area contributed by atoms with Gasteiger partial charge in [-0.1, -0.05) is 12.1 Å². The van der Waals surface area contributed by atoms with E-state index >= 15 is 0 Å².